The van der Waals surface area contributed by atoms with E-state index in [2.05, 4.69) is 96.5 Å². The molecule has 0 saturated carbocycles. The second-order valence-electron chi connectivity index (χ2n) is 7.17. The van der Waals surface area contributed by atoms with Crippen molar-refractivity contribution in [3.8, 4) is 0 Å². The quantitative estimate of drug-likeness (QED) is 0.433. The van der Waals surface area contributed by atoms with Crippen molar-refractivity contribution in [3.63, 3.8) is 0 Å². The molecule has 0 radical (unpaired) electrons. The second kappa shape index (κ2) is 11.0. The van der Waals surface area contributed by atoms with Crippen LogP contribution in [-0.2, 0) is 18.3 Å². The van der Waals surface area contributed by atoms with Crippen LogP contribution in [-0.4, -0.2) is 10.1 Å². The van der Waals surface area contributed by atoms with E-state index in [1.165, 1.54) is 35.1 Å². The van der Waals surface area contributed by atoms with Crippen LogP contribution in [0.5, 0.6) is 0 Å². The molecule has 0 amide bonds. The Bertz CT molecular complexity index is 904. The number of rotatable bonds is 4. The van der Waals surface area contributed by atoms with E-state index in [4.69, 9.17) is 0 Å². The molecule has 0 aromatic heterocycles. The molecule has 4 rings (SSSR count). The summed E-state index contributed by atoms with van der Waals surface area (Å²) in [6, 6.07) is 21.8. The molecule has 0 fully saturated rings. The standard InChI is InChI=1S/2C11H9.C2H6Ge.2ClH.Hf/c2*1-2-6-10(7-3-1)11-8-4-5-9-11;1-3-2;;;/h2*1-3,6-9H,4H2;1-2H3;2*1H;/q;;;;;+2/p-2. The summed E-state index contributed by atoms with van der Waals surface area (Å²) in [5, 5.41) is 0. The van der Waals surface area contributed by atoms with Gasteiger partial charge in [-0.2, -0.15) is 0 Å². The first-order valence-electron chi connectivity index (χ1n) is 9.33. The van der Waals surface area contributed by atoms with E-state index in [0.717, 1.165) is 0 Å². The number of benzene rings is 2. The molecule has 2 aliphatic rings. The van der Waals surface area contributed by atoms with Gasteiger partial charge in [0.25, 0.3) is 0 Å². The molecule has 0 spiro atoms. The number of halogens is 2. The van der Waals surface area contributed by atoms with E-state index in [1.54, 1.807) is 0 Å². The Hall–Kier alpha value is -0.607. The fourth-order valence-electron chi connectivity index (χ4n) is 3.91. The predicted molar refractivity (Wildman–Crippen MR) is 112 cm³/mol. The maximum atomic E-state index is 2.62. The van der Waals surface area contributed by atoms with Gasteiger partial charge in [-0.15, -0.1) is 0 Å². The summed E-state index contributed by atoms with van der Waals surface area (Å²) < 4.78 is 3.70. The molecule has 0 bridgehead atoms. The summed E-state index contributed by atoms with van der Waals surface area (Å²) in [7, 11) is -0.914. The van der Waals surface area contributed by atoms with Crippen LogP contribution in [0.4, 0.5) is 0 Å². The molecule has 0 unspecified atom stereocenters. The second-order valence-corrected chi connectivity index (χ2v) is 45.9. The zero-order valence-electron chi connectivity index (χ0n) is 16.3. The van der Waals surface area contributed by atoms with E-state index < -0.39 is 28.4 Å². The normalized spacial score (nSPS) is 14.5. The van der Waals surface area contributed by atoms with Gasteiger partial charge in [-0.3, -0.25) is 0 Å². The molecule has 2 aromatic carbocycles. The van der Waals surface area contributed by atoms with Gasteiger partial charge in [-0.1, -0.05) is 0 Å². The summed E-state index contributed by atoms with van der Waals surface area (Å²) in [6.45, 7) is 0. The Kier molecular flexibility index (Phi) is 9.27. The third-order valence-electron chi connectivity index (χ3n) is 5.10. The molecule has 2 aromatic rings. The van der Waals surface area contributed by atoms with Gasteiger partial charge in [0.15, 0.2) is 0 Å². The number of hydrogen-bond donors (Lipinski definition) is 0. The van der Waals surface area contributed by atoms with Gasteiger partial charge >= 0.3 is 167 Å². The Morgan fingerprint density at radius 3 is 1.39 bits per heavy atom. The molecular formula is C24H24Cl2GeHf. The van der Waals surface area contributed by atoms with Crippen molar-refractivity contribution < 1.29 is 43.2 Å². The molecule has 0 N–H and O–H groups in total. The van der Waals surface area contributed by atoms with Crippen molar-refractivity contribution in [2.24, 2.45) is 0 Å². The van der Waals surface area contributed by atoms with E-state index in [9.17, 15) is 0 Å². The summed E-state index contributed by atoms with van der Waals surface area (Å²) >= 11 is -1.83. The van der Waals surface area contributed by atoms with Crippen molar-refractivity contribution >= 4 is 21.2 Å². The van der Waals surface area contributed by atoms with Crippen LogP contribution in [0, 0.1) is 0 Å². The minimum absolute atomic E-state index is 0. The summed E-state index contributed by atoms with van der Waals surface area (Å²) in [4.78, 5) is 0. The van der Waals surface area contributed by atoms with E-state index >= 15 is 0 Å². The van der Waals surface area contributed by atoms with Gasteiger partial charge in [0, 0.05) is 0 Å². The number of allylic oxidation sites excluding steroid dienone is 8. The average molecular weight is 634 g/mol. The Balaban J connectivity index is 0.00000140. The molecular weight excluding hydrogens is 610 g/mol. The molecule has 2 aliphatic carbocycles. The van der Waals surface area contributed by atoms with Crippen molar-refractivity contribution in [3.05, 3.63) is 103 Å². The summed E-state index contributed by atoms with van der Waals surface area (Å²) in [5.41, 5.74) is 5.67. The SMILES string of the molecule is [CH3][Ge]([CH3])=[Hf+2]([C]1=CC(c2ccccc2)=CC1)[C]1=CC(c2ccccc2)=CC1.[Cl-].[Cl-]. The van der Waals surface area contributed by atoms with Gasteiger partial charge in [0.05, 0.1) is 0 Å². The Morgan fingerprint density at radius 1 is 0.643 bits per heavy atom. The minimum atomic E-state index is -1.83. The largest absolute Gasteiger partial charge is 1.00 e. The fourth-order valence-corrected chi connectivity index (χ4v) is 42.4. The van der Waals surface area contributed by atoms with Crippen LogP contribution < -0.4 is 24.8 Å². The zero-order chi connectivity index (χ0) is 17.9. The summed E-state index contributed by atoms with van der Waals surface area (Å²) in [6.07, 6.45) is 12.5. The Morgan fingerprint density at radius 2 is 1.04 bits per heavy atom. The molecule has 0 saturated heterocycles. The van der Waals surface area contributed by atoms with Gasteiger partial charge < -0.3 is 24.8 Å². The maximum absolute atomic E-state index is 2.62. The van der Waals surface area contributed by atoms with Gasteiger partial charge in [-0.25, -0.2) is 0 Å². The van der Waals surface area contributed by atoms with Gasteiger partial charge in [0.1, 0.15) is 0 Å². The maximum Gasteiger partial charge on any atom is -1.00 e. The van der Waals surface area contributed by atoms with Crippen molar-refractivity contribution in [1.82, 2.24) is 0 Å². The zero-order valence-corrected chi connectivity index (χ0v) is 23.5. The predicted octanol–water partition coefficient (Wildman–Crippen LogP) is 0.606. The molecule has 0 nitrogen and oxygen atoms in total. The minimum Gasteiger partial charge on any atom is -1.00 e. The van der Waals surface area contributed by atoms with Crippen LogP contribution in [0.15, 0.2) is 91.6 Å². The third kappa shape index (κ3) is 5.30. The van der Waals surface area contributed by atoms with E-state index in [0.29, 0.717) is 0 Å². The van der Waals surface area contributed by atoms with Crippen LogP contribution in [0.25, 0.3) is 11.1 Å². The third-order valence-corrected chi connectivity index (χ3v) is 44.0. The monoisotopic (exact) mass is 636 g/mol. The fraction of sp³-hybridized carbons (Fsp3) is 0.167. The molecule has 0 aliphatic heterocycles. The van der Waals surface area contributed by atoms with Gasteiger partial charge in [0.2, 0.25) is 0 Å². The van der Waals surface area contributed by atoms with E-state index in [1.807, 2.05) is 6.66 Å². The summed E-state index contributed by atoms with van der Waals surface area (Å²) in [5.74, 6) is 5.23. The van der Waals surface area contributed by atoms with Gasteiger partial charge in [-0.05, 0) is 0 Å². The van der Waals surface area contributed by atoms with Crippen molar-refractivity contribution in [1.29, 1.82) is 0 Å². The van der Waals surface area contributed by atoms with Crippen LogP contribution in [0.2, 0.25) is 11.5 Å². The first-order chi connectivity index (χ1) is 12.7. The molecule has 4 heteroatoms. The molecule has 142 valence electrons. The topological polar surface area (TPSA) is 0 Å². The Labute approximate surface area is 190 Å². The van der Waals surface area contributed by atoms with Crippen LogP contribution in [0.1, 0.15) is 24.0 Å². The average Bonchev–Trinajstić information content (AvgIpc) is 3.34. The number of hydrogen-bond acceptors (Lipinski definition) is 0. The van der Waals surface area contributed by atoms with E-state index in [-0.39, 0.29) is 24.8 Å². The molecule has 28 heavy (non-hydrogen) atoms. The van der Waals surface area contributed by atoms with Crippen molar-refractivity contribution in [2.45, 2.75) is 24.4 Å². The smallest absolute Gasteiger partial charge is 1.00 e. The molecule has 0 atom stereocenters. The van der Waals surface area contributed by atoms with Crippen LogP contribution >= 0.6 is 0 Å². The van der Waals surface area contributed by atoms with Crippen molar-refractivity contribution in [2.75, 3.05) is 0 Å². The molecule has 0 heterocycles. The first kappa shape index (κ1) is 23.7. The van der Waals surface area contributed by atoms with Crippen LogP contribution in [0.3, 0.4) is 0 Å². The first-order valence-corrected chi connectivity index (χ1v) is 27.5.